The number of hydrogen-bond donors (Lipinski definition) is 4. The Morgan fingerprint density at radius 1 is 1.05 bits per heavy atom. The molecule has 1 unspecified atom stereocenters. The number of carbonyl (C=O) groups excluding carboxylic acids is 6. The molecule has 3 atom stereocenters. The number of carboxylic acids is 3. The molecule has 2 aliphatic rings. The summed E-state index contributed by atoms with van der Waals surface area (Å²) < 4.78 is 17.0. The zero-order valence-electron chi connectivity index (χ0n) is 32.2. The number of nitrogens with zero attached hydrogens (tertiary/aromatic N) is 5. The maximum absolute atomic E-state index is 14.2. The molecule has 3 amide bonds. The summed E-state index contributed by atoms with van der Waals surface area (Å²) in [5.41, 5.74) is -4.48. The number of hydrogen-bond acceptors (Lipinski definition) is 20. The zero-order chi connectivity index (χ0) is 41.3. The molecule has 1 saturated heterocycles. The van der Waals surface area contributed by atoms with E-state index >= 15 is 0 Å². The van der Waals surface area contributed by atoms with E-state index in [-0.39, 0.29) is 133 Å². The van der Waals surface area contributed by atoms with Crippen LogP contribution in [0.3, 0.4) is 0 Å². The van der Waals surface area contributed by atoms with Crippen LogP contribution in [0.15, 0.2) is 62.0 Å². The van der Waals surface area contributed by atoms with Crippen molar-refractivity contribution in [3.05, 3.63) is 74.8 Å². The molecule has 4 N–H and O–H groups in total. The Labute approximate surface area is 411 Å². The Morgan fingerprint density at radius 3 is 2.35 bits per heavy atom. The fourth-order valence-electron chi connectivity index (χ4n) is 5.98. The number of nitrogens with one attached hydrogen (secondary N) is 2. The first-order chi connectivity index (χ1) is 27.1. The fourth-order valence-corrected chi connectivity index (χ4v) is 8.43. The first-order valence-corrected chi connectivity index (χ1v) is 18.2. The van der Waals surface area contributed by atoms with Crippen molar-refractivity contribution in [2.45, 2.75) is 35.8 Å². The number of β-lactam (4-membered cyclic amide) rings is 1. The molecule has 2 aliphatic heterocycles. The van der Waals surface area contributed by atoms with Gasteiger partial charge in [-0.3, -0.25) is 24.1 Å². The Bertz CT molecular complexity index is 2450. The number of carboxylic acid groups (broad SMARTS) is 3. The van der Waals surface area contributed by atoms with E-state index in [0.29, 0.717) is 0 Å². The van der Waals surface area contributed by atoms with Crippen LogP contribution in [0.25, 0.3) is 11.0 Å². The predicted octanol–water partition coefficient (Wildman–Crippen LogP) is -13.0. The maximum atomic E-state index is 14.2. The Kier molecular flexibility index (Phi) is 17.7. The largest absolute Gasteiger partial charge is 1.00 e. The van der Waals surface area contributed by atoms with Crippen LogP contribution in [0.4, 0.5) is 0 Å². The molecular weight excluding hydrogens is 868 g/mol. The maximum Gasteiger partial charge on any atom is 1.00 e. The number of amides is 3. The third kappa shape index (κ3) is 10.0. The fraction of sp³-hybridized carbons (Fsp3) is 0.273. The molecule has 0 radical (unpaired) electrons. The molecule has 0 aliphatic carbocycles. The zero-order valence-corrected chi connectivity index (χ0v) is 39.8. The average Bonchev–Trinajstić information content (AvgIpc) is 3.61. The Balaban J connectivity index is 0.00000320. The van der Waals surface area contributed by atoms with Crippen LogP contribution in [0.1, 0.15) is 27.7 Å². The number of tetrazole rings is 1. The van der Waals surface area contributed by atoms with Gasteiger partial charge in [0.1, 0.15) is 35.1 Å². The number of aryl methyl sites for hydroxylation is 1. The summed E-state index contributed by atoms with van der Waals surface area (Å²) in [6.07, 6.45) is 0. The standard InChI is InChI=1S/C33H29N7O15S2.3Na/c1-13-21(24(46)17-7-8-18(41)25(47)26(17)55-13)27(48)34-22(14-3-5-16(6-4-14)54-10-20(44)45)28(49)35-33(53-2)30(52)40-23(29(50)51)15(11-56-31(33)40)12-57-32-36-37-38-39(32)9-19(42)43;;;/h3-8,22,31,41,47H,9-12H2,1-2H3,(H,34,48)(H,35,49)(H,42,43)(H,44,45)(H,50,51);;;/q;3*+1/p-3/t22?,31-,33-;;;/m0.../s1. The number of aromatic hydroxyl groups is 2. The molecule has 298 valence electrons. The predicted molar refractivity (Wildman–Crippen MR) is 184 cm³/mol. The number of rotatable bonds is 15. The van der Waals surface area contributed by atoms with Crippen molar-refractivity contribution in [1.82, 2.24) is 35.7 Å². The van der Waals surface area contributed by atoms with E-state index in [1.54, 1.807) is 0 Å². The van der Waals surface area contributed by atoms with Crippen LogP contribution >= 0.6 is 23.5 Å². The summed E-state index contributed by atoms with van der Waals surface area (Å²) in [5, 5.41) is 68.5. The average molecular weight is 894 g/mol. The van der Waals surface area contributed by atoms with Crippen molar-refractivity contribution in [2.24, 2.45) is 0 Å². The van der Waals surface area contributed by atoms with Crippen molar-refractivity contribution in [2.75, 3.05) is 25.2 Å². The van der Waals surface area contributed by atoms with Crippen LogP contribution in [0.5, 0.6) is 17.2 Å². The number of ether oxygens (including phenoxy) is 2. The van der Waals surface area contributed by atoms with Crippen LogP contribution < -0.4 is 125 Å². The van der Waals surface area contributed by atoms with E-state index in [1.165, 1.54) is 31.2 Å². The Morgan fingerprint density at radius 2 is 1.73 bits per heavy atom. The monoisotopic (exact) mass is 893 g/mol. The number of phenolic OH excluding ortho intramolecular Hbond substituents is 2. The molecule has 27 heteroatoms. The molecule has 0 bridgehead atoms. The van der Waals surface area contributed by atoms with Crippen molar-refractivity contribution in [1.29, 1.82) is 0 Å². The molecule has 2 aromatic heterocycles. The van der Waals surface area contributed by atoms with Gasteiger partial charge in [0.2, 0.25) is 22.2 Å². The van der Waals surface area contributed by atoms with Crippen LogP contribution in [-0.4, -0.2) is 107 Å². The summed E-state index contributed by atoms with van der Waals surface area (Å²) in [5.74, 6) is -9.79. The summed E-state index contributed by atoms with van der Waals surface area (Å²) in [4.78, 5) is 90.6. The quantitative estimate of drug-likeness (QED) is 0.0283. The van der Waals surface area contributed by atoms with E-state index < -0.39 is 99.7 Å². The first-order valence-electron chi connectivity index (χ1n) is 16.1. The SMILES string of the molecule is CO[C@@]1(NC(=O)C(NC(=O)c2c(C)oc3c(O)c(O)ccc3c2=O)c2ccc(OCC(=O)[O-])cc2)C(=O)N2C(C(=O)[O-])=C(CSc3nnnn3CC(=O)[O-])CS[C@H]21.[Na+].[Na+].[Na+]. The topological polar surface area (TPSA) is 332 Å². The van der Waals surface area contributed by atoms with E-state index in [1.807, 2.05) is 0 Å². The van der Waals surface area contributed by atoms with Crippen molar-refractivity contribution in [3.8, 4) is 17.2 Å². The van der Waals surface area contributed by atoms with Gasteiger partial charge in [-0.15, -0.1) is 16.9 Å². The summed E-state index contributed by atoms with van der Waals surface area (Å²) in [6.45, 7) is -0.251. The number of fused-ring (bicyclic) bond motifs is 2. The molecule has 60 heavy (non-hydrogen) atoms. The van der Waals surface area contributed by atoms with Gasteiger partial charge in [-0.1, -0.05) is 23.9 Å². The van der Waals surface area contributed by atoms with E-state index in [4.69, 9.17) is 13.9 Å². The molecule has 4 aromatic rings. The van der Waals surface area contributed by atoms with Gasteiger partial charge < -0.3 is 64.4 Å². The number of thioether (sulfide) groups is 2. The van der Waals surface area contributed by atoms with E-state index in [9.17, 15) is 59.1 Å². The van der Waals surface area contributed by atoms with Crippen molar-refractivity contribution in [3.63, 3.8) is 0 Å². The Hall–Kier alpha value is -3.66. The third-order valence-corrected chi connectivity index (χ3v) is 11.0. The second-order valence-electron chi connectivity index (χ2n) is 12.1. The normalized spacial score (nSPS) is 17.1. The van der Waals surface area contributed by atoms with Crippen LogP contribution in [0.2, 0.25) is 0 Å². The minimum Gasteiger partial charge on any atom is -0.548 e. The smallest absolute Gasteiger partial charge is 0.548 e. The number of carbonyl (C=O) groups is 6. The van der Waals surface area contributed by atoms with Gasteiger partial charge in [0, 0.05) is 18.6 Å². The number of aliphatic carboxylic acids is 3. The molecule has 0 spiro atoms. The number of aromatic nitrogens is 4. The summed E-state index contributed by atoms with van der Waals surface area (Å²) >= 11 is 1.88. The number of phenols is 2. The molecular formula is C33H26N7Na3O15S2. The van der Waals surface area contributed by atoms with Gasteiger partial charge in [-0.05, 0) is 52.8 Å². The second-order valence-corrected chi connectivity index (χ2v) is 14.1. The van der Waals surface area contributed by atoms with Gasteiger partial charge >= 0.3 is 88.7 Å². The van der Waals surface area contributed by atoms with Crippen LogP contribution in [0, 0.1) is 6.92 Å². The minimum atomic E-state index is -2.21. The summed E-state index contributed by atoms with van der Waals surface area (Å²) in [6, 6.07) is 5.48. The van der Waals surface area contributed by atoms with Gasteiger partial charge in [-0.25, -0.2) is 4.68 Å². The van der Waals surface area contributed by atoms with Gasteiger partial charge in [0.05, 0.1) is 35.5 Å². The van der Waals surface area contributed by atoms with Gasteiger partial charge in [0.25, 0.3) is 17.5 Å². The number of benzene rings is 2. The van der Waals surface area contributed by atoms with Gasteiger partial charge in [0.15, 0.2) is 11.3 Å². The van der Waals surface area contributed by atoms with E-state index in [0.717, 1.165) is 52.3 Å². The second kappa shape index (κ2) is 20.9. The molecule has 1 fully saturated rings. The molecule has 4 heterocycles. The molecule has 22 nitrogen and oxygen atoms in total. The molecule has 0 saturated carbocycles. The first kappa shape index (κ1) is 50.7. The molecule has 2 aromatic carbocycles. The number of methoxy groups -OCH3 is 1. The van der Waals surface area contributed by atoms with Crippen molar-refractivity contribution >= 4 is 70.1 Å². The van der Waals surface area contributed by atoms with Crippen LogP contribution in [-0.2, 0) is 35.3 Å². The molecule has 6 rings (SSSR count). The third-order valence-electron chi connectivity index (χ3n) is 8.61. The van der Waals surface area contributed by atoms with Gasteiger partial charge in [-0.2, -0.15) is 0 Å². The van der Waals surface area contributed by atoms with E-state index in [2.05, 4.69) is 26.2 Å². The summed E-state index contributed by atoms with van der Waals surface area (Å²) in [7, 11) is 1.08. The minimum absolute atomic E-state index is 0. The van der Waals surface area contributed by atoms with Crippen molar-refractivity contribution < 1.29 is 157 Å².